The first-order valence-electron chi connectivity index (χ1n) is 4.21. The topological polar surface area (TPSA) is 49.2 Å². The second kappa shape index (κ2) is 3.20. The van der Waals surface area contributed by atoms with Crippen LogP contribution in [0.4, 0.5) is 0 Å². The molecule has 1 aliphatic rings. The highest BCUT2D eigenvalue weighted by Gasteiger charge is 2.37. The molecule has 0 spiro atoms. The van der Waals surface area contributed by atoms with Crippen LogP contribution in [0.3, 0.4) is 0 Å². The van der Waals surface area contributed by atoms with Crippen LogP contribution in [0, 0.1) is 0 Å². The molecule has 1 rings (SSSR count). The second-order valence-corrected chi connectivity index (χ2v) is 3.61. The van der Waals surface area contributed by atoms with Crippen LogP contribution in [0.2, 0.25) is 0 Å². The van der Waals surface area contributed by atoms with Crippen molar-refractivity contribution in [1.82, 2.24) is 10.2 Å². The van der Waals surface area contributed by atoms with Crippen molar-refractivity contribution in [2.75, 3.05) is 13.1 Å². The van der Waals surface area contributed by atoms with E-state index in [-0.39, 0.29) is 11.8 Å². The van der Waals surface area contributed by atoms with Crippen LogP contribution in [0.15, 0.2) is 12.7 Å². The quantitative estimate of drug-likeness (QED) is 0.490. The molecule has 4 nitrogen and oxygen atoms in total. The van der Waals surface area contributed by atoms with E-state index < -0.39 is 5.54 Å². The largest absolute Gasteiger partial charge is 0.339 e. The molecule has 0 aromatic rings. The fraction of sp³-hybridized carbons (Fsp3) is 0.556. The van der Waals surface area contributed by atoms with Gasteiger partial charge in [-0.1, -0.05) is 6.58 Å². The van der Waals surface area contributed by atoms with E-state index in [4.69, 9.17) is 0 Å². The van der Waals surface area contributed by atoms with Gasteiger partial charge >= 0.3 is 0 Å². The number of hydrogen-bond donors (Lipinski definition) is 1. The average Bonchev–Trinajstić information content (AvgIpc) is 2.84. The molecule has 0 aliphatic carbocycles. The Morgan fingerprint density at radius 1 is 1.46 bits per heavy atom. The van der Waals surface area contributed by atoms with Gasteiger partial charge in [-0.3, -0.25) is 9.59 Å². The lowest BCUT2D eigenvalue weighted by atomic mass is 10.0. The van der Waals surface area contributed by atoms with Gasteiger partial charge < -0.3 is 10.2 Å². The standard InChI is InChI=1S/C9H14N2O2/c1-4-7(12)10-9(2,3)8(13)11-5-6-11/h4H,1,5-6H2,2-3H3,(H,10,12). The molecule has 0 atom stereocenters. The van der Waals surface area contributed by atoms with Gasteiger partial charge in [0.15, 0.2) is 0 Å². The van der Waals surface area contributed by atoms with Crippen molar-refractivity contribution in [3.05, 3.63) is 12.7 Å². The monoisotopic (exact) mass is 182 g/mol. The van der Waals surface area contributed by atoms with Crippen LogP contribution < -0.4 is 5.32 Å². The summed E-state index contributed by atoms with van der Waals surface area (Å²) in [6, 6.07) is 0. The summed E-state index contributed by atoms with van der Waals surface area (Å²) in [5.74, 6) is -0.358. The van der Waals surface area contributed by atoms with E-state index in [1.807, 2.05) is 0 Å². The van der Waals surface area contributed by atoms with E-state index in [0.717, 1.165) is 19.2 Å². The lowest BCUT2D eigenvalue weighted by Crippen LogP contribution is -2.51. The molecule has 0 radical (unpaired) electrons. The Bertz CT molecular complexity index is 254. The first-order chi connectivity index (χ1) is 5.97. The van der Waals surface area contributed by atoms with Crippen molar-refractivity contribution in [3.8, 4) is 0 Å². The zero-order valence-electron chi connectivity index (χ0n) is 7.96. The van der Waals surface area contributed by atoms with E-state index in [0.29, 0.717) is 0 Å². The summed E-state index contributed by atoms with van der Waals surface area (Å²) in [5, 5.41) is 2.58. The average molecular weight is 182 g/mol. The Morgan fingerprint density at radius 3 is 2.38 bits per heavy atom. The number of nitrogens with one attached hydrogen (secondary N) is 1. The van der Waals surface area contributed by atoms with Crippen molar-refractivity contribution in [2.24, 2.45) is 0 Å². The predicted octanol–water partition coefficient (Wildman–Crippen LogP) is -0.0906. The molecule has 2 amide bonds. The van der Waals surface area contributed by atoms with Gasteiger partial charge in [0.1, 0.15) is 5.54 Å². The van der Waals surface area contributed by atoms with Crippen molar-refractivity contribution in [3.63, 3.8) is 0 Å². The number of nitrogens with zero attached hydrogens (tertiary/aromatic N) is 1. The molecular weight excluding hydrogens is 168 g/mol. The molecule has 4 heteroatoms. The van der Waals surface area contributed by atoms with Gasteiger partial charge in [-0.2, -0.15) is 0 Å². The van der Waals surface area contributed by atoms with Crippen LogP contribution in [0.25, 0.3) is 0 Å². The zero-order chi connectivity index (χ0) is 10.1. The molecule has 0 aromatic carbocycles. The zero-order valence-corrected chi connectivity index (χ0v) is 7.96. The maximum atomic E-state index is 11.6. The summed E-state index contributed by atoms with van der Waals surface area (Å²) < 4.78 is 0. The third kappa shape index (κ3) is 2.31. The highest BCUT2D eigenvalue weighted by molar-refractivity contribution is 5.95. The third-order valence-corrected chi connectivity index (χ3v) is 1.89. The molecule has 1 aliphatic heterocycles. The number of carbonyl (C=O) groups is 2. The van der Waals surface area contributed by atoms with Crippen molar-refractivity contribution >= 4 is 11.8 Å². The Morgan fingerprint density at radius 2 is 2.00 bits per heavy atom. The van der Waals surface area contributed by atoms with E-state index in [1.54, 1.807) is 18.7 Å². The normalized spacial score (nSPS) is 15.1. The SMILES string of the molecule is C=CC(=O)NC(C)(C)C(=O)N1CC1. The van der Waals surface area contributed by atoms with Gasteiger partial charge in [0, 0.05) is 13.1 Å². The first-order valence-corrected chi connectivity index (χ1v) is 4.21. The lowest BCUT2D eigenvalue weighted by Gasteiger charge is -2.24. The van der Waals surface area contributed by atoms with Gasteiger partial charge in [0.05, 0.1) is 0 Å². The highest BCUT2D eigenvalue weighted by Crippen LogP contribution is 2.14. The summed E-state index contributed by atoms with van der Waals surface area (Å²) in [4.78, 5) is 24.2. The molecule has 1 heterocycles. The molecular formula is C9H14N2O2. The first kappa shape index (κ1) is 9.77. The number of amides is 2. The minimum atomic E-state index is -0.818. The fourth-order valence-electron chi connectivity index (χ4n) is 1.06. The molecule has 13 heavy (non-hydrogen) atoms. The molecule has 1 fully saturated rings. The van der Waals surface area contributed by atoms with Crippen molar-refractivity contribution in [2.45, 2.75) is 19.4 Å². The van der Waals surface area contributed by atoms with E-state index in [2.05, 4.69) is 11.9 Å². The third-order valence-electron chi connectivity index (χ3n) is 1.89. The van der Waals surface area contributed by atoms with Crippen molar-refractivity contribution < 1.29 is 9.59 Å². The van der Waals surface area contributed by atoms with Gasteiger partial charge in [-0.15, -0.1) is 0 Å². The summed E-state index contributed by atoms with van der Waals surface area (Å²) in [6.07, 6.45) is 1.16. The van der Waals surface area contributed by atoms with Gasteiger partial charge in [0.25, 0.3) is 0 Å². The van der Waals surface area contributed by atoms with Gasteiger partial charge in [-0.05, 0) is 19.9 Å². The molecule has 0 unspecified atom stereocenters. The second-order valence-electron chi connectivity index (χ2n) is 3.61. The number of rotatable bonds is 3. The van der Waals surface area contributed by atoms with Gasteiger partial charge in [-0.25, -0.2) is 0 Å². The predicted molar refractivity (Wildman–Crippen MR) is 49.0 cm³/mol. The minimum absolute atomic E-state index is 0.0392. The Balaban J connectivity index is 2.57. The van der Waals surface area contributed by atoms with Crippen LogP contribution in [-0.4, -0.2) is 35.3 Å². The van der Waals surface area contributed by atoms with Crippen LogP contribution in [-0.2, 0) is 9.59 Å². The minimum Gasteiger partial charge on any atom is -0.339 e. The Labute approximate surface area is 77.6 Å². The molecule has 0 bridgehead atoms. The van der Waals surface area contributed by atoms with Gasteiger partial charge in [0.2, 0.25) is 11.8 Å². The fourth-order valence-corrected chi connectivity index (χ4v) is 1.06. The lowest BCUT2D eigenvalue weighted by molar-refractivity contribution is -0.134. The van der Waals surface area contributed by atoms with E-state index >= 15 is 0 Å². The maximum Gasteiger partial charge on any atom is 0.247 e. The molecule has 1 saturated heterocycles. The van der Waals surface area contributed by atoms with Crippen LogP contribution >= 0.6 is 0 Å². The summed E-state index contributed by atoms with van der Waals surface area (Å²) >= 11 is 0. The summed E-state index contributed by atoms with van der Waals surface area (Å²) in [7, 11) is 0. The number of hydrogen-bond acceptors (Lipinski definition) is 2. The smallest absolute Gasteiger partial charge is 0.247 e. The number of carbonyl (C=O) groups excluding carboxylic acids is 2. The molecule has 0 aromatic heterocycles. The Kier molecular flexibility index (Phi) is 2.40. The van der Waals surface area contributed by atoms with E-state index in [1.165, 1.54) is 0 Å². The molecule has 0 saturated carbocycles. The van der Waals surface area contributed by atoms with E-state index in [9.17, 15) is 9.59 Å². The molecule has 72 valence electrons. The summed E-state index contributed by atoms with van der Waals surface area (Å²) in [5.41, 5.74) is -0.818. The van der Waals surface area contributed by atoms with Crippen LogP contribution in [0.5, 0.6) is 0 Å². The molecule has 1 N–H and O–H groups in total. The highest BCUT2D eigenvalue weighted by atomic mass is 16.2. The van der Waals surface area contributed by atoms with Crippen LogP contribution in [0.1, 0.15) is 13.8 Å². The maximum absolute atomic E-state index is 11.6. The Hall–Kier alpha value is -1.32. The van der Waals surface area contributed by atoms with Crippen molar-refractivity contribution in [1.29, 1.82) is 0 Å². The summed E-state index contributed by atoms with van der Waals surface area (Å²) in [6.45, 7) is 8.30.